The van der Waals surface area contributed by atoms with E-state index in [-0.39, 0.29) is 0 Å². The van der Waals surface area contributed by atoms with Crippen LogP contribution in [-0.2, 0) is 13.0 Å². The molecule has 0 saturated carbocycles. The van der Waals surface area contributed by atoms with Gasteiger partial charge in [-0.15, -0.1) is 11.3 Å². The lowest BCUT2D eigenvalue weighted by atomic mass is 10.2. The Kier molecular flexibility index (Phi) is 2.99. The van der Waals surface area contributed by atoms with Crippen LogP contribution in [0.5, 0.6) is 0 Å². The largest absolute Gasteiger partial charge is 0.311 e. The highest BCUT2D eigenvalue weighted by molar-refractivity contribution is 7.99. The Morgan fingerprint density at radius 1 is 1.33 bits per heavy atom. The molecule has 1 aromatic rings. The highest BCUT2D eigenvalue weighted by Gasteiger charge is 2.22. The van der Waals surface area contributed by atoms with Crippen LogP contribution < -0.4 is 5.32 Å². The topological polar surface area (TPSA) is 24.9 Å². The number of thiazole rings is 1. The number of aromatic nitrogens is 1. The van der Waals surface area contributed by atoms with Crippen molar-refractivity contribution in [3.8, 4) is 0 Å². The van der Waals surface area contributed by atoms with E-state index in [1.165, 1.54) is 40.6 Å². The number of nitrogens with zero attached hydrogens (tertiary/aromatic N) is 1. The van der Waals surface area contributed by atoms with Crippen molar-refractivity contribution in [2.45, 2.75) is 37.5 Å². The molecule has 1 fully saturated rings. The molecule has 0 aromatic carbocycles. The van der Waals surface area contributed by atoms with Gasteiger partial charge >= 0.3 is 0 Å². The van der Waals surface area contributed by atoms with E-state index in [1.54, 1.807) is 0 Å². The minimum absolute atomic E-state index is 0.703. The van der Waals surface area contributed by atoms with Crippen LogP contribution in [0.25, 0.3) is 0 Å². The fourth-order valence-corrected chi connectivity index (χ4v) is 4.85. The van der Waals surface area contributed by atoms with Crippen LogP contribution in [0.1, 0.15) is 40.1 Å². The Bertz CT molecular complexity index is 319. The van der Waals surface area contributed by atoms with Gasteiger partial charge in [-0.3, -0.25) is 0 Å². The van der Waals surface area contributed by atoms with Crippen LogP contribution in [0, 0.1) is 0 Å². The number of rotatable bonds is 1. The van der Waals surface area contributed by atoms with Gasteiger partial charge in [0, 0.05) is 24.4 Å². The second kappa shape index (κ2) is 4.44. The monoisotopic (exact) mass is 240 g/mol. The van der Waals surface area contributed by atoms with Crippen molar-refractivity contribution in [2.24, 2.45) is 0 Å². The van der Waals surface area contributed by atoms with Gasteiger partial charge in [-0.1, -0.05) is 6.42 Å². The minimum atomic E-state index is 0.703. The summed E-state index contributed by atoms with van der Waals surface area (Å²) in [4.78, 5) is 6.32. The Morgan fingerprint density at radius 2 is 2.33 bits per heavy atom. The van der Waals surface area contributed by atoms with Gasteiger partial charge in [0.15, 0.2) is 0 Å². The average Bonchev–Trinajstić information content (AvgIpc) is 2.74. The molecule has 3 heterocycles. The molecule has 2 aliphatic heterocycles. The highest BCUT2D eigenvalue weighted by Crippen LogP contribution is 2.40. The van der Waals surface area contributed by atoms with Crippen LogP contribution in [0.15, 0.2) is 0 Å². The van der Waals surface area contributed by atoms with Crippen molar-refractivity contribution >= 4 is 23.1 Å². The molecular weight excluding hydrogens is 224 g/mol. The second-order valence-corrected chi connectivity index (χ2v) is 6.63. The van der Waals surface area contributed by atoms with E-state index in [2.05, 4.69) is 17.1 Å². The molecule has 1 saturated heterocycles. The van der Waals surface area contributed by atoms with Gasteiger partial charge in [0.1, 0.15) is 5.01 Å². The lowest BCUT2D eigenvalue weighted by molar-refractivity contribution is 0.639. The van der Waals surface area contributed by atoms with Gasteiger partial charge in [-0.05, 0) is 18.6 Å². The van der Waals surface area contributed by atoms with Crippen LogP contribution in [0.4, 0.5) is 0 Å². The normalized spacial score (nSPS) is 26.3. The molecule has 0 spiro atoms. The lowest BCUT2D eigenvalue weighted by Crippen LogP contribution is -2.22. The molecule has 4 heteroatoms. The third-order valence-electron chi connectivity index (χ3n) is 3.07. The first-order valence-corrected chi connectivity index (χ1v) is 7.61. The number of hydrogen-bond donors (Lipinski definition) is 1. The molecule has 2 nitrogen and oxygen atoms in total. The first-order chi connectivity index (χ1) is 7.43. The van der Waals surface area contributed by atoms with Gasteiger partial charge in [0.2, 0.25) is 0 Å². The molecular formula is C11H16N2S2. The van der Waals surface area contributed by atoms with E-state index in [1.807, 2.05) is 11.3 Å². The van der Waals surface area contributed by atoms with E-state index < -0.39 is 0 Å². The van der Waals surface area contributed by atoms with Gasteiger partial charge in [0.25, 0.3) is 0 Å². The zero-order valence-electron chi connectivity index (χ0n) is 8.79. The van der Waals surface area contributed by atoms with Crippen LogP contribution in [-0.4, -0.2) is 17.3 Å². The summed E-state index contributed by atoms with van der Waals surface area (Å²) in [5, 5.41) is 5.52. The predicted molar refractivity (Wildman–Crippen MR) is 66.6 cm³/mol. The van der Waals surface area contributed by atoms with Gasteiger partial charge in [-0.2, -0.15) is 11.8 Å². The van der Waals surface area contributed by atoms with Crippen molar-refractivity contribution in [1.29, 1.82) is 0 Å². The molecule has 1 aromatic heterocycles. The molecule has 15 heavy (non-hydrogen) atoms. The standard InChI is InChI=1S/C11H16N2S2/c1-2-6-14-9(3-1)11-13-8-4-5-12-7-10(8)15-11/h9,12H,1-7H2. The SMILES string of the molecule is C1CCC(c2nc3c(s2)CNCC3)SC1. The molecule has 0 aliphatic carbocycles. The second-order valence-electron chi connectivity index (χ2n) is 4.20. The van der Waals surface area contributed by atoms with Crippen molar-refractivity contribution in [3.05, 3.63) is 15.6 Å². The van der Waals surface area contributed by atoms with Crippen molar-refractivity contribution < 1.29 is 0 Å². The number of fused-ring (bicyclic) bond motifs is 1. The number of thioether (sulfide) groups is 1. The molecule has 3 rings (SSSR count). The molecule has 2 aliphatic rings. The summed E-state index contributed by atoms with van der Waals surface area (Å²) in [6, 6.07) is 0. The smallest absolute Gasteiger partial charge is 0.106 e. The van der Waals surface area contributed by atoms with Crippen molar-refractivity contribution in [3.63, 3.8) is 0 Å². The van der Waals surface area contributed by atoms with Gasteiger partial charge in [0.05, 0.1) is 10.9 Å². The summed E-state index contributed by atoms with van der Waals surface area (Å²) in [7, 11) is 0. The predicted octanol–water partition coefficient (Wildman–Crippen LogP) is 2.75. The summed E-state index contributed by atoms with van der Waals surface area (Å²) >= 11 is 4.05. The zero-order valence-corrected chi connectivity index (χ0v) is 10.4. The summed E-state index contributed by atoms with van der Waals surface area (Å²) in [6.45, 7) is 2.15. The Morgan fingerprint density at radius 3 is 3.13 bits per heavy atom. The first kappa shape index (κ1) is 10.1. The summed E-state index contributed by atoms with van der Waals surface area (Å²) in [6.07, 6.45) is 5.25. The van der Waals surface area contributed by atoms with Crippen LogP contribution in [0.2, 0.25) is 0 Å². The highest BCUT2D eigenvalue weighted by atomic mass is 32.2. The third-order valence-corrected chi connectivity index (χ3v) is 5.82. The van der Waals surface area contributed by atoms with Gasteiger partial charge < -0.3 is 5.32 Å². The van der Waals surface area contributed by atoms with E-state index in [0.717, 1.165) is 19.5 Å². The molecule has 1 unspecified atom stereocenters. The Labute approximate surface area is 98.9 Å². The number of hydrogen-bond acceptors (Lipinski definition) is 4. The Hall–Kier alpha value is -0.0600. The third kappa shape index (κ3) is 2.08. The fraction of sp³-hybridized carbons (Fsp3) is 0.727. The molecule has 1 N–H and O–H groups in total. The maximum atomic E-state index is 4.83. The molecule has 0 radical (unpaired) electrons. The minimum Gasteiger partial charge on any atom is -0.311 e. The lowest BCUT2D eigenvalue weighted by Gasteiger charge is -2.18. The van der Waals surface area contributed by atoms with E-state index in [0.29, 0.717) is 5.25 Å². The van der Waals surface area contributed by atoms with Crippen molar-refractivity contribution in [1.82, 2.24) is 10.3 Å². The zero-order chi connectivity index (χ0) is 10.1. The average molecular weight is 240 g/mol. The Balaban J connectivity index is 1.82. The first-order valence-electron chi connectivity index (χ1n) is 5.74. The quantitative estimate of drug-likeness (QED) is 0.817. The number of nitrogens with one attached hydrogen (secondary N) is 1. The maximum absolute atomic E-state index is 4.83. The summed E-state index contributed by atoms with van der Waals surface area (Å²) < 4.78 is 0. The van der Waals surface area contributed by atoms with Crippen LogP contribution >= 0.6 is 23.1 Å². The summed E-state index contributed by atoms with van der Waals surface area (Å²) in [5.74, 6) is 1.33. The molecule has 1 atom stereocenters. The molecule has 0 amide bonds. The van der Waals surface area contributed by atoms with E-state index >= 15 is 0 Å². The molecule has 0 bridgehead atoms. The van der Waals surface area contributed by atoms with E-state index in [9.17, 15) is 0 Å². The van der Waals surface area contributed by atoms with Crippen LogP contribution in [0.3, 0.4) is 0 Å². The van der Waals surface area contributed by atoms with E-state index in [4.69, 9.17) is 4.98 Å². The van der Waals surface area contributed by atoms with Crippen molar-refractivity contribution in [2.75, 3.05) is 12.3 Å². The maximum Gasteiger partial charge on any atom is 0.106 e. The fourth-order valence-electron chi connectivity index (χ4n) is 2.22. The van der Waals surface area contributed by atoms with Gasteiger partial charge in [-0.25, -0.2) is 4.98 Å². The summed E-state index contributed by atoms with van der Waals surface area (Å²) in [5.41, 5.74) is 1.37. The molecule has 82 valence electrons.